The van der Waals surface area contributed by atoms with E-state index in [1.165, 1.54) is 0 Å². The molecule has 0 aliphatic carbocycles. The lowest BCUT2D eigenvalue weighted by Gasteiger charge is -2.26. The third-order valence-corrected chi connectivity index (χ3v) is 2.33. The van der Waals surface area contributed by atoms with Gasteiger partial charge in [0.25, 0.3) is 0 Å². The lowest BCUT2D eigenvalue weighted by Crippen LogP contribution is -2.38. The Kier molecular flexibility index (Phi) is 8.01. The van der Waals surface area contributed by atoms with Crippen molar-refractivity contribution in [3.05, 3.63) is 12.7 Å². The van der Waals surface area contributed by atoms with Crippen LogP contribution < -0.4 is 0 Å². The van der Waals surface area contributed by atoms with E-state index in [0.717, 1.165) is 19.4 Å². The van der Waals surface area contributed by atoms with Crippen LogP contribution in [0.25, 0.3) is 0 Å². The Labute approximate surface area is 93.1 Å². The van der Waals surface area contributed by atoms with Gasteiger partial charge in [-0.1, -0.05) is 19.4 Å². The van der Waals surface area contributed by atoms with Gasteiger partial charge < -0.3 is 4.74 Å². The van der Waals surface area contributed by atoms with Crippen molar-refractivity contribution in [3.63, 3.8) is 0 Å². The van der Waals surface area contributed by atoms with Gasteiger partial charge in [-0.25, -0.2) is 0 Å². The zero-order valence-electron chi connectivity index (χ0n) is 10.2. The van der Waals surface area contributed by atoms with Gasteiger partial charge in [-0.05, 0) is 20.3 Å². The van der Waals surface area contributed by atoms with E-state index in [9.17, 15) is 4.79 Å². The Balaban J connectivity index is 4.12. The van der Waals surface area contributed by atoms with Crippen LogP contribution in [-0.2, 0) is 9.53 Å². The Morgan fingerprint density at radius 3 is 2.67 bits per heavy atom. The summed E-state index contributed by atoms with van der Waals surface area (Å²) >= 11 is 0. The van der Waals surface area contributed by atoms with E-state index in [0.29, 0.717) is 19.2 Å². The zero-order valence-corrected chi connectivity index (χ0v) is 10.2. The Morgan fingerprint density at radius 2 is 2.20 bits per heavy atom. The molecule has 0 aliphatic heterocycles. The highest BCUT2D eigenvalue weighted by molar-refractivity contribution is 5.71. The van der Waals surface area contributed by atoms with Crippen molar-refractivity contribution in [2.45, 2.75) is 39.7 Å². The van der Waals surface area contributed by atoms with Gasteiger partial charge in [-0.15, -0.1) is 6.58 Å². The predicted octanol–water partition coefficient (Wildman–Crippen LogP) is 2.23. The number of esters is 1. The smallest absolute Gasteiger partial charge is 0.320 e. The SMILES string of the molecule is C=CCN(CC(=O)OCC)C(C)CCC. The summed E-state index contributed by atoms with van der Waals surface area (Å²) in [5.41, 5.74) is 0. The van der Waals surface area contributed by atoms with E-state index in [4.69, 9.17) is 4.74 Å². The number of hydrogen-bond acceptors (Lipinski definition) is 3. The highest BCUT2D eigenvalue weighted by Crippen LogP contribution is 2.06. The molecule has 0 N–H and O–H groups in total. The molecule has 1 atom stereocenters. The molecule has 0 saturated carbocycles. The van der Waals surface area contributed by atoms with Crippen LogP contribution in [0.1, 0.15) is 33.6 Å². The maximum atomic E-state index is 11.3. The van der Waals surface area contributed by atoms with Crippen LogP contribution in [0.2, 0.25) is 0 Å². The molecular formula is C12H23NO2. The second-order valence-corrected chi connectivity index (χ2v) is 3.66. The van der Waals surface area contributed by atoms with Crippen LogP contribution in [-0.4, -0.2) is 36.6 Å². The second kappa shape index (κ2) is 8.48. The van der Waals surface area contributed by atoms with Crippen molar-refractivity contribution < 1.29 is 9.53 Å². The quantitative estimate of drug-likeness (QED) is 0.457. The summed E-state index contributed by atoms with van der Waals surface area (Å²) in [6.45, 7) is 11.3. The molecule has 0 aromatic rings. The minimum absolute atomic E-state index is 0.151. The molecule has 3 heteroatoms. The third kappa shape index (κ3) is 6.28. The minimum atomic E-state index is -0.151. The molecule has 1 unspecified atom stereocenters. The van der Waals surface area contributed by atoms with Gasteiger partial charge in [-0.3, -0.25) is 9.69 Å². The van der Waals surface area contributed by atoms with Crippen LogP contribution >= 0.6 is 0 Å². The first kappa shape index (κ1) is 14.2. The fraction of sp³-hybridized carbons (Fsp3) is 0.750. The molecule has 0 amide bonds. The van der Waals surface area contributed by atoms with Gasteiger partial charge in [0.1, 0.15) is 0 Å². The van der Waals surface area contributed by atoms with Crippen molar-refractivity contribution in [1.82, 2.24) is 4.90 Å². The van der Waals surface area contributed by atoms with Crippen molar-refractivity contribution in [3.8, 4) is 0 Å². The fourth-order valence-corrected chi connectivity index (χ4v) is 1.54. The van der Waals surface area contributed by atoms with Gasteiger partial charge >= 0.3 is 5.97 Å². The van der Waals surface area contributed by atoms with Crippen molar-refractivity contribution in [2.75, 3.05) is 19.7 Å². The summed E-state index contributed by atoms with van der Waals surface area (Å²) in [4.78, 5) is 13.4. The summed E-state index contributed by atoms with van der Waals surface area (Å²) < 4.78 is 4.93. The van der Waals surface area contributed by atoms with E-state index in [-0.39, 0.29) is 5.97 Å². The van der Waals surface area contributed by atoms with Crippen LogP contribution in [0.3, 0.4) is 0 Å². The topological polar surface area (TPSA) is 29.5 Å². The van der Waals surface area contributed by atoms with Crippen molar-refractivity contribution in [2.24, 2.45) is 0 Å². The number of carbonyl (C=O) groups excluding carboxylic acids is 1. The molecule has 0 fully saturated rings. The summed E-state index contributed by atoms with van der Waals surface area (Å²) in [5, 5.41) is 0. The molecule has 0 heterocycles. The van der Waals surface area contributed by atoms with Crippen LogP contribution in [0.5, 0.6) is 0 Å². The summed E-state index contributed by atoms with van der Waals surface area (Å²) in [5.74, 6) is -0.151. The number of ether oxygens (including phenoxy) is 1. The molecular weight excluding hydrogens is 190 g/mol. The van der Waals surface area contributed by atoms with Gasteiger partial charge in [0.15, 0.2) is 0 Å². The van der Waals surface area contributed by atoms with E-state index in [1.807, 2.05) is 13.0 Å². The van der Waals surface area contributed by atoms with E-state index < -0.39 is 0 Å². The lowest BCUT2D eigenvalue weighted by molar-refractivity contribution is -0.144. The maximum Gasteiger partial charge on any atom is 0.320 e. The van der Waals surface area contributed by atoms with Gasteiger partial charge in [0.2, 0.25) is 0 Å². The first-order chi connectivity index (χ1) is 7.15. The molecule has 0 bridgehead atoms. The van der Waals surface area contributed by atoms with Crippen LogP contribution in [0.15, 0.2) is 12.7 Å². The number of nitrogens with zero attached hydrogens (tertiary/aromatic N) is 1. The largest absolute Gasteiger partial charge is 0.465 e. The predicted molar refractivity (Wildman–Crippen MR) is 62.8 cm³/mol. The van der Waals surface area contributed by atoms with Gasteiger partial charge in [0, 0.05) is 12.6 Å². The number of hydrogen-bond donors (Lipinski definition) is 0. The summed E-state index contributed by atoms with van der Waals surface area (Å²) in [6.07, 6.45) is 4.04. The Hall–Kier alpha value is -0.830. The molecule has 0 rings (SSSR count). The van der Waals surface area contributed by atoms with E-state index >= 15 is 0 Å². The third-order valence-electron chi connectivity index (χ3n) is 2.33. The first-order valence-electron chi connectivity index (χ1n) is 5.66. The molecule has 3 nitrogen and oxygen atoms in total. The van der Waals surface area contributed by atoms with Crippen molar-refractivity contribution >= 4 is 5.97 Å². The highest BCUT2D eigenvalue weighted by atomic mass is 16.5. The van der Waals surface area contributed by atoms with Crippen molar-refractivity contribution in [1.29, 1.82) is 0 Å². The van der Waals surface area contributed by atoms with Crippen LogP contribution in [0.4, 0.5) is 0 Å². The number of rotatable bonds is 8. The Morgan fingerprint density at radius 1 is 1.53 bits per heavy atom. The summed E-state index contributed by atoms with van der Waals surface area (Å²) in [6, 6.07) is 0.400. The standard InChI is InChI=1S/C12H23NO2/c1-5-8-11(4)13(9-6-2)10-12(14)15-7-3/h6,11H,2,5,7-10H2,1,3-4H3. The normalized spacial score (nSPS) is 12.5. The average molecular weight is 213 g/mol. The van der Waals surface area contributed by atoms with Crippen LogP contribution in [0, 0.1) is 0 Å². The average Bonchev–Trinajstić information content (AvgIpc) is 2.18. The Bertz CT molecular complexity index is 192. The first-order valence-corrected chi connectivity index (χ1v) is 5.66. The lowest BCUT2D eigenvalue weighted by atomic mass is 10.1. The van der Waals surface area contributed by atoms with E-state index in [2.05, 4.69) is 25.3 Å². The zero-order chi connectivity index (χ0) is 11.7. The summed E-state index contributed by atoms with van der Waals surface area (Å²) in [7, 11) is 0. The fourth-order valence-electron chi connectivity index (χ4n) is 1.54. The molecule has 0 radical (unpaired) electrons. The van der Waals surface area contributed by atoms with Gasteiger partial charge in [-0.2, -0.15) is 0 Å². The van der Waals surface area contributed by atoms with Gasteiger partial charge in [0.05, 0.1) is 13.2 Å². The molecule has 0 spiro atoms. The monoisotopic (exact) mass is 213 g/mol. The molecule has 0 saturated heterocycles. The number of carbonyl (C=O) groups is 1. The minimum Gasteiger partial charge on any atom is -0.465 e. The molecule has 0 aromatic carbocycles. The molecule has 88 valence electrons. The molecule has 15 heavy (non-hydrogen) atoms. The second-order valence-electron chi connectivity index (χ2n) is 3.66. The molecule has 0 aromatic heterocycles. The molecule has 0 aliphatic rings. The van der Waals surface area contributed by atoms with E-state index in [1.54, 1.807) is 0 Å². The maximum absolute atomic E-state index is 11.3. The highest BCUT2D eigenvalue weighted by Gasteiger charge is 2.15.